The van der Waals surface area contributed by atoms with Gasteiger partial charge in [-0.1, -0.05) is 36.4 Å². The Balaban J connectivity index is 2.23. The third-order valence-corrected chi connectivity index (χ3v) is 2.55. The first-order valence-corrected chi connectivity index (χ1v) is 5.02. The van der Waals surface area contributed by atoms with Crippen molar-refractivity contribution < 1.29 is 4.68 Å². The van der Waals surface area contributed by atoms with Crippen LogP contribution >= 0.6 is 0 Å². The molecule has 0 saturated carbocycles. The number of benzene rings is 1. The van der Waals surface area contributed by atoms with Gasteiger partial charge in [-0.2, -0.15) is 4.68 Å². The normalized spacial score (nSPS) is 11.1. The summed E-state index contributed by atoms with van der Waals surface area (Å²) in [7, 11) is 4.07. The lowest BCUT2D eigenvalue weighted by molar-refractivity contribution is -0.751. The molecule has 2 aromatic rings. The molecule has 0 aliphatic heterocycles. The van der Waals surface area contributed by atoms with Crippen molar-refractivity contribution in [2.75, 3.05) is 0 Å². The summed E-state index contributed by atoms with van der Waals surface area (Å²) in [5, 5.41) is 0. The monoisotopic (exact) mass is 199 g/mol. The van der Waals surface area contributed by atoms with E-state index in [1.54, 1.807) is 0 Å². The molecule has 2 nitrogen and oxygen atoms in total. The molecule has 1 aromatic carbocycles. The van der Waals surface area contributed by atoms with Crippen LogP contribution in [0.2, 0.25) is 0 Å². The van der Waals surface area contributed by atoms with Crippen molar-refractivity contribution in [2.24, 2.45) is 14.1 Å². The predicted molar refractivity (Wildman–Crippen MR) is 62.0 cm³/mol. The first-order chi connectivity index (χ1) is 7.27. The van der Waals surface area contributed by atoms with E-state index < -0.39 is 0 Å². The molecule has 0 N–H and O–H groups in total. The molecule has 0 fully saturated rings. The van der Waals surface area contributed by atoms with Gasteiger partial charge in [0.2, 0.25) is 0 Å². The van der Waals surface area contributed by atoms with Gasteiger partial charge in [-0.05, 0) is 11.6 Å². The van der Waals surface area contributed by atoms with Crippen molar-refractivity contribution in [3.63, 3.8) is 0 Å². The molecule has 0 amide bonds. The lowest BCUT2D eigenvalue weighted by Gasteiger charge is -1.93. The van der Waals surface area contributed by atoms with E-state index in [9.17, 15) is 0 Å². The molecule has 0 radical (unpaired) electrons. The standard InChI is InChI=1S/C13H15N2/c1-14-11-10-13(15(14)2)9-8-12-6-4-3-5-7-12/h3-11H,1-2H3/q+1. The average Bonchev–Trinajstić information content (AvgIpc) is 2.59. The summed E-state index contributed by atoms with van der Waals surface area (Å²) < 4.78 is 4.14. The second-order valence-electron chi connectivity index (χ2n) is 3.58. The predicted octanol–water partition coefficient (Wildman–Crippen LogP) is 2.02. The highest BCUT2D eigenvalue weighted by atomic mass is 15.4. The average molecular weight is 199 g/mol. The van der Waals surface area contributed by atoms with Gasteiger partial charge in [0.05, 0.1) is 7.05 Å². The van der Waals surface area contributed by atoms with Crippen LogP contribution in [-0.4, -0.2) is 4.68 Å². The molecule has 2 rings (SSSR count). The maximum atomic E-state index is 2.12. The first kappa shape index (κ1) is 9.71. The van der Waals surface area contributed by atoms with Crippen LogP contribution in [0.5, 0.6) is 0 Å². The number of aryl methyl sites for hydroxylation is 1. The fourth-order valence-corrected chi connectivity index (χ4v) is 1.48. The quantitative estimate of drug-likeness (QED) is 0.654. The fraction of sp³-hybridized carbons (Fsp3) is 0.154. The van der Waals surface area contributed by atoms with Crippen LogP contribution in [0.1, 0.15) is 11.3 Å². The van der Waals surface area contributed by atoms with Crippen molar-refractivity contribution in [1.82, 2.24) is 4.68 Å². The highest BCUT2D eigenvalue weighted by molar-refractivity contribution is 5.67. The van der Waals surface area contributed by atoms with E-state index in [4.69, 9.17) is 0 Å². The third-order valence-electron chi connectivity index (χ3n) is 2.55. The molecular weight excluding hydrogens is 184 g/mol. The Morgan fingerprint density at radius 2 is 1.80 bits per heavy atom. The van der Waals surface area contributed by atoms with Crippen LogP contribution in [0, 0.1) is 0 Å². The highest BCUT2D eigenvalue weighted by Crippen LogP contribution is 2.05. The molecule has 1 aromatic heterocycles. The molecule has 0 bridgehead atoms. The van der Waals surface area contributed by atoms with Crippen molar-refractivity contribution in [3.8, 4) is 0 Å². The first-order valence-electron chi connectivity index (χ1n) is 5.02. The van der Waals surface area contributed by atoms with Crippen LogP contribution in [0.3, 0.4) is 0 Å². The van der Waals surface area contributed by atoms with Crippen LogP contribution in [0.4, 0.5) is 0 Å². The number of hydrogen-bond donors (Lipinski definition) is 0. The molecule has 0 unspecified atom stereocenters. The highest BCUT2D eigenvalue weighted by Gasteiger charge is 2.02. The van der Waals surface area contributed by atoms with E-state index >= 15 is 0 Å². The Labute approximate surface area is 90.1 Å². The molecule has 1 heterocycles. The molecule has 2 heteroatoms. The summed E-state index contributed by atoms with van der Waals surface area (Å²) in [6, 6.07) is 12.4. The van der Waals surface area contributed by atoms with Crippen LogP contribution in [-0.2, 0) is 14.1 Å². The molecule has 15 heavy (non-hydrogen) atoms. The SMILES string of the molecule is Cn1c(C=Cc2ccccc2)cc[n+]1C. The van der Waals surface area contributed by atoms with Gasteiger partial charge in [0, 0.05) is 6.07 Å². The Morgan fingerprint density at radius 1 is 1.07 bits per heavy atom. The maximum absolute atomic E-state index is 2.12. The minimum atomic E-state index is 1.20. The fourth-order valence-electron chi connectivity index (χ4n) is 1.48. The zero-order valence-corrected chi connectivity index (χ0v) is 9.09. The lowest BCUT2D eigenvalue weighted by atomic mass is 10.2. The number of aromatic nitrogens is 2. The third kappa shape index (κ3) is 2.15. The largest absolute Gasteiger partial charge is 0.195 e. The van der Waals surface area contributed by atoms with Crippen LogP contribution in [0.15, 0.2) is 42.6 Å². The molecule has 0 aliphatic rings. The minimum absolute atomic E-state index is 1.20. The van der Waals surface area contributed by atoms with Gasteiger partial charge < -0.3 is 0 Å². The van der Waals surface area contributed by atoms with Gasteiger partial charge in [0.15, 0.2) is 13.2 Å². The topological polar surface area (TPSA) is 8.81 Å². The van der Waals surface area contributed by atoms with Crippen molar-refractivity contribution in [3.05, 3.63) is 53.9 Å². The summed E-state index contributed by atoms with van der Waals surface area (Å²) in [5.74, 6) is 0. The van der Waals surface area contributed by atoms with Crippen LogP contribution in [0.25, 0.3) is 12.2 Å². The van der Waals surface area contributed by atoms with Crippen molar-refractivity contribution >= 4 is 12.2 Å². The second kappa shape index (κ2) is 4.13. The number of hydrogen-bond acceptors (Lipinski definition) is 0. The summed E-state index contributed by atoms with van der Waals surface area (Å²) in [5.41, 5.74) is 2.42. The summed E-state index contributed by atoms with van der Waals surface area (Å²) in [4.78, 5) is 0. The number of rotatable bonds is 2. The van der Waals surface area contributed by atoms with E-state index in [0.717, 1.165) is 0 Å². The van der Waals surface area contributed by atoms with Gasteiger partial charge >= 0.3 is 0 Å². The zero-order valence-electron chi connectivity index (χ0n) is 9.09. The molecule has 0 saturated heterocycles. The van der Waals surface area contributed by atoms with Gasteiger partial charge in [-0.25, -0.2) is 0 Å². The zero-order chi connectivity index (χ0) is 10.7. The Bertz CT molecular complexity index is 467. The minimum Gasteiger partial charge on any atom is -0.157 e. The Kier molecular flexibility index (Phi) is 2.68. The molecular formula is C13H15N2+. The smallest absolute Gasteiger partial charge is 0.157 e. The van der Waals surface area contributed by atoms with E-state index in [1.807, 2.05) is 43.2 Å². The van der Waals surface area contributed by atoms with E-state index in [0.29, 0.717) is 0 Å². The molecule has 76 valence electrons. The van der Waals surface area contributed by atoms with Crippen molar-refractivity contribution in [1.29, 1.82) is 0 Å². The molecule has 0 atom stereocenters. The molecule has 0 spiro atoms. The summed E-state index contributed by atoms with van der Waals surface area (Å²) in [6.07, 6.45) is 6.29. The summed E-state index contributed by atoms with van der Waals surface area (Å²) in [6.45, 7) is 0. The van der Waals surface area contributed by atoms with Crippen molar-refractivity contribution in [2.45, 2.75) is 0 Å². The van der Waals surface area contributed by atoms with E-state index in [-0.39, 0.29) is 0 Å². The Morgan fingerprint density at radius 3 is 2.40 bits per heavy atom. The van der Waals surface area contributed by atoms with Gasteiger partial charge in [0.25, 0.3) is 0 Å². The Hall–Kier alpha value is -1.83. The van der Waals surface area contributed by atoms with E-state index in [2.05, 4.69) is 35.0 Å². The van der Waals surface area contributed by atoms with Crippen LogP contribution < -0.4 is 4.68 Å². The van der Waals surface area contributed by atoms with Gasteiger partial charge in [-0.3, -0.25) is 0 Å². The second-order valence-corrected chi connectivity index (χ2v) is 3.58. The lowest BCUT2D eigenvalue weighted by Crippen LogP contribution is -2.36. The van der Waals surface area contributed by atoms with E-state index in [1.165, 1.54) is 11.3 Å². The van der Waals surface area contributed by atoms with Gasteiger partial charge in [-0.15, -0.1) is 4.68 Å². The summed E-state index contributed by atoms with van der Waals surface area (Å²) >= 11 is 0. The van der Waals surface area contributed by atoms with Gasteiger partial charge in [0.1, 0.15) is 5.69 Å². The maximum Gasteiger partial charge on any atom is 0.195 e. The molecule has 0 aliphatic carbocycles. The number of nitrogens with zero attached hydrogens (tertiary/aromatic N) is 2.